The highest BCUT2D eigenvalue weighted by molar-refractivity contribution is 9.10. The van der Waals surface area contributed by atoms with Gasteiger partial charge in [0, 0.05) is 6.07 Å². The number of halogens is 1. The van der Waals surface area contributed by atoms with E-state index in [9.17, 15) is 0 Å². The molecule has 0 radical (unpaired) electrons. The van der Waals surface area contributed by atoms with E-state index in [0.717, 1.165) is 0 Å². The molecule has 0 aliphatic heterocycles. The fraction of sp³-hybridized carbons (Fsp3) is 0.250. The molecule has 0 fully saturated rings. The molecular weight excluding hydrogens is 276 g/mol. The molecule has 84 valence electrons. The lowest BCUT2D eigenvalue weighted by Gasteiger charge is -2.03. The number of hydrogen-bond donors (Lipinski definition) is 1. The van der Waals surface area contributed by atoms with E-state index < -0.39 is 0 Å². The normalized spacial score (nSPS) is 10.4. The summed E-state index contributed by atoms with van der Waals surface area (Å²) in [4.78, 5) is 11.9. The number of nitrogen functional groups attached to an aromatic ring is 1. The van der Waals surface area contributed by atoms with E-state index in [4.69, 9.17) is 10.5 Å². The van der Waals surface area contributed by atoms with Gasteiger partial charge in [0.15, 0.2) is 5.82 Å². The fourth-order valence-electron chi connectivity index (χ4n) is 1.13. The van der Waals surface area contributed by atoms with Crippen molar-refractivity contribution in [2.24, 2.45) is 0 Å². The van der Waals surface area contributed by atoms with Crippen molar-refractivity contribution in [3.8, 4) is 11.7 Å². The Hall–Kier alpha value is -1.70. The zero-order valence-electron chi connectivity index (χ0n) is 8.46. The molecule has 0 bridgehead atoms. The second-order valence-electron chi connectivity index (χ2n) is 2.80. The minimum Gasteiger partial charge on any atom is -0.478 e. The molecule has 0 saturated heterocycles. The van der Waals surface area contributed by atoms with E-state index in [1.54, 1.807) is 6.07 Å². The summed E-state index contributed by atoms with van der Waals surface area (Å²) >= 11 is 3.23. The minimum absolute atomic E-state index is 0.170. The van der Waals surface area contributed by atoms with Crippen molar-refractivity contribution in [2.75, 3.05) is 12.3 Å². The van der Waals surface area contributed by atoms with Gasteiger partial charge in [-0.05, 0) is 22.9 Å². The van der Waals surface area contributed by atoms with Crippen LogP contribution in [0.5, 0.6) is 5.88 Å². The van der Waals surface area contributed by atoms with Gasteiger partial charge in [0.25, 0.3) is 0 Å². The lowest BCUT2D eigenvalue weighted by Crippen LogP contribution is -2.03. The van der Waals surface area contributed by atoms with Crippen LogP contribution in [0.3, 0.4) is 0 Å². The zero-order chi connectivity index (χ0) is 11.5. The average molecular weight is 285 g/mol. The molecule has 0 atom stereocenters. The molecule has 0 aliphatic carbocycles. The van der Waals surface area contributed by atoms with Crippen molar-refractivity contribution in [3.63, 3.8) is 0 Å². The van der Waals surface area contributed by atoms with E-state index in [-0.39, 0.29) is 5.95 Å². The minimum atomic E-state index is 0.170. The first-order valence-corrected chi connectivity index (χ1v) is 5.33. The lowest BCUT2D eigenvalue weighted by molar-refractivity contribution is 0.326. The van der Waals surface area contributed by atoms with E-state index >= 15 is 0 Å². The molecule has 0 aromatic carbocycles. The van der Waals surface area contributed by atoms with Crippen LogP contribution in [0.2, 0.25) is 0 Å². The quantitative estimate of drug-likeness (QED) is 0.896. The zero-order valence-corrected chi connectivity index (χ0v) is 10.0. The maximum Gasteiger partial charge on any atom is 0.240 e. The summed E-state index contributed by atoms with van der Waals surface area (Å²) in [5, 5.41) is 3.97. The van der Waals surface area contributed by atoms with Gasteiger partial charge in [-0.3, -0.25) is 0 Å². The van der Waals surface area contributed by atoms with Crippen LogP contribution in [0.25, 0.3) is 5.82 Å². The number of hydrogen-bond acceptors (Lipinski definition) is 6. The molecular formula is C8H9BrN6O. The molecule has 2 rings (SSSR count). The van der Waals surface area contributed by atoms with Crippen molar-refractivity contribution in [3.05, 3.63) is 17.1 Å². The highest BCUT2D eigenvalue weighted by Gasteiger charge is 2.09. The molecule has 2 N–H and O–H groups in total. The van der Waals surface area contributed by atoms with Gasteiger partial charge in [-0.2, -0.15) is 9.67 Å². The smallest absolute Gasteiger partial charge is 0.240 e. The fourth-order valence-corrected chi connectivity index (χ4v) is 1.57. The van der Waals surface area contributed by atoms with Crippen LogP contribution in [0.1, 0.15) is 6.92 Å². The second kappa shape index (κ2) is 4.44. The number of rotatable bonds is 3. The van der Waals surface area contributed by atoms with Gasteiger partial charge < -0.3 is 10.5 Å². The molecule has 8 heteroatoms. The van der Waals surface area contributed by atoms with Crippen molar-refractivity contribution in [1.82, 2.24) is 24.7 Å². The SMILES string of the molecule is CCOc1cc(-n2nc(N)nc2Br)ncn1. The summed E-state index contributed by atoms with van der Waals surface area (Å²) in [6, 6.07) is 1.66. The third kappa shape index (κ3) is 2.11. The summed E-state index contributed by atoms with van der Waals surface area (Å²) in [6.07, 6.45) is 1.39. The predicted molar refractivity (Wildman–Crippen MR) is 60.2 cm³/mol. The molecule has 0 amide bonds. The lowest BCUT2D eigenvalue weighted by atomic mass is 10.5. The summed E-state index contributed by atoms with van der Waals surface area (Å²) < 4.78 is 7.19. The third-order valence-corrected chi connectivity index (χ3v) is 2.23. The van der Waals surface area contributed by atoms with Gasteiger partial charge in [0.05, 0.1) is 6.61 Å². The maximum atomic E-state index is 5.47. The average Bonchev–Trinajstić information content (AvgIpc) is 2.59. The molecule has 2 heterocycles. The standard InChI is InChI=1S/C8H9BrN6O/c1-2-16-6-3-5(11-4-12-6)15-7(9)13-8(10)14-15/h3-4H,2H2,1H3,(H2,10,14). The summed E-state index contributed by atoms with van der Waals surface area (Å²) in [5.41, 5.74) is 5.47. The molecule has 16 heavy (non-hydrogen) atoms. The number of nitrogens with zero attached hydrogens (tertiary/aromatic N) is 5. The van der Waals surface area contributed by atoms with Crippen LogP contribution in [-0.2, 0) is 0 Å². The molecule has 0 aliphatic rings. The first kappa shape index (κ1) is 10.8. The monoisotopic (exact) mass is 284 g/mol. The highest BCUT2D eigenvalue weighted by Crippen LogP contribution is 2.16. The Kier molecular flexibility index (Phi) is 3.00. The Morgan fingerprint density at radius 2 is 2.31 bits per heavy atom. The van der Waals surface area contributed by atoms with E-state index in [1.165, 1.54) is 11.0 Å². The van der Waals surface area contributed by atoms with E-state index in [1.807, 2.05) is 6.92 Å². The molecule has 0 unspecified atom stereocenters. The van der Waals surface area contributed by atoms with Crippen LogP contribution in [0, 0.1) is 0 Å². The van der Waals surface area contributed by atoms with Gasteiger partial charge in [-0.1, -0.05) is 0 Å². The van der Waals surface area contributed by atoms with Crippen molar-refractivity contribution in [2.45, 2.75) is 6.92 Å². The van der Waals surface area contributed by atoms with Crippen LogP contribution in [-0.4, -0.2) is 31.3 Å². The van der Waals surface area contributed by atoms with Crippen molar-refractivity contribution in [1.29, 1.82) is 0 Å². The summed E-state index contributed by atoms with van der Waals surface area (Å²) in [5.74, 6) is 1.19. The maximum absolute atomic E-state index is 5.47. The Morgan fingerprint density at radius 3 is 2.94 bits per heavy atom. The first-order valence-electron chi connectivity index (χ1n) is 4.54. The largest absolute Gasteiger partial charge is 0.478 e. The topological polar surface area (TPSA) is 91.7 Å². The Bertz CT molecular complexity index is 499. The number of anilines is 1. The molecule has 2 aromatic heterocycles. The Morgan fingerprint density at radius 1 is 1.50 bits per heavy atom. The number of nitrogens with two attached hydrogens (primary N) is 1. The summed E-state index contributed by atoms with van der Waals surface area (Å²) in [6.45, 7) is 2.42. The van der Waals surface area contributed by atoms with Gasteiger partial charge in [-0.15, -0.1) is 5.10 Å². The third-order valence-electron chi connectivity index (χ3n) is 1.72. The van der Waals surface area contributed by atoms with E-state index in [2.05, 4.69) is 36.0 Å². The van der Waals surface area contributed by atoms with Crippen LogP contribution in [0.15, 0.2) is 17.1 Å². The van der Waals surface area contributed by atoms with Crippen LogP contribution in [0.4, 0.5) is 5.95 Å². The summed E-state index contributed by atoms with van der Waals surface area (Å²) in [7, 11) is 0. The molecule has 0 spiro atoms. The molecule has 2 aromatic rings. The van der Waals surface area contributed by atoms with Crippen LogP contribution >= 0.6 is 15.9 Å². The van der Waals surface area contributed by atoms with Gasteiger partial charge in [-0.25, -0.2) is 9.97 Å². The van der Waals surface area contributed by atoms with Gasteiger partial charge >= 0.3 is 0 Å². The number of ether oxygens (including phenoxy) is 1. The second-order valence-corrected chi connectivity index (χ2v) is 3.51. The van der Waals surface area contributed by atoms with E-state index in [0.29, 0.717) is 23.0 Å². The molecule has 7 nitrogen and oxygen atoms in total. The predicted octanol–water partition coefficient (Wildman–Crippen LogP) is 0.801. The van der Waals surface area contributed by atoms with Crippen LogP contribution < -0.4 is 10.5 Å². The Labute approximate surface area is 99.8 Å². The number of aromatic nitrogens is 5. The van der Waals surface area contributed by atoms with Crippen molar-refractivity contribution >= 4 is 21.9 Å². The first-order chi connectivity index (χ1) is 7.70. The Balaban J connectivity index is 2.40. The highest BCUT2D eigenvalue weighted by atomic mass is 79.9. The van der Waals surface area contributed by atoms with Gasteiger partial charge in [0.1, 0.15) is 6.33 Å². The van der Waals surface area contributed by atoms with Gasteiger partial charge in [0.2, 0.25) is 16.6 Å². The van der Waals surface area contributed by atoms with Crippen molar-refractivity contribution < 1.29 is 4.74 Å². The molecule has 0 saturated carbocycles.